The summed E-state index contributed by atoms with van der Waals surface area (Å²) in [5.41, 5.74) is -0.400. The van der Waals surface area contributed by atoms with Crippen LogP contribution >= 0.6 is 0 Å². The van der Waals surface area contributed by atoms with Crippen molar-refractivity contribution in [3.63, 3.8) is 0 Å². The molecule has 1 saturated carbocycles. The van der Waals surface area contributed by atoms with Gasteiger partial charge in [-0.2, -0.15) is 5.26 Å². The molecule has 1 aliphatic carbocycles. The Balaban J connectivity index is 1.70. The minimum Gasteiger partial charge on any atom is -0.351 e. The van der Waals surface area contributed by atoms with Crippen molar-refractivity contribution in [1.29, 1.82) is 5.26 Å². The van der Waals surface area contributed by atoms with Gasteiger partial charge in [0.2, 0.25) is 0 Å². The minimum absolute atomic E-state index is 0.0609. The third-order valence-electron chi connectivity index (χ3n) is 6.04. The predicted octanol–water partition coefficient (Wildman–Crippen LogP) is 5.84. The summed E-state index contributed by atoms with van der Waals surface area (Å²) in [7, 11) is 0. The van der Waals surface area contributed by atoms with E-state index in [1.165, 1.54) is 64.2 Å². The first-order valence-corrected chi connectivity index (χ1v) is 10.4. The van der Waals surface area contributed by atoms with Gasteiger partial charge in [0, 0.05) is 5.92 Å². The Morgan fingerprint density at radius 1 is 0.917 bits per heavy atom. The maximum absolute atomic E-state index is 9.56. The highest BCUT2D eigenvalue weighted by molar-refractivity contribution is 5.00. The standard InChI is InChI=1S/C21H37NO2/c1-3-5-7-9-18-10-12-19(13-11-18)20-23-16-21(15-22,17-24-20)14-8-6-4-2/h18-20H,3-14,16-17H2,1-2H3/t18-,19-,20-,21+. The molecule has 1 aliphatic heterocycles. The molecule has 0 bridgehead atoms. The van der Waals surface area contributed by atoms with Crippen LogP contribution in [0.4, 0.5) is 0 Å². The summed E-state index contributed by atoms with van der Waals surface area (Å²) in [4.78, 5) is 0. The van der Waals surface area contributed by atoms with Gasteiger partial charge < -0.3 is 9.47 Å². The molecule has 3 heteroatoms. The first-order valence-electron chi connectivity index (χ1n) is 10.4. The molecule has 0 unspecified atom stereocenters. The van der Waals surface area contributed by atoms with Crippen LogP contribution in [0.3, 0.4) is 0 Å². The molecule has 0 spiro atoms. The SMILES string of the molecule is CCCCC[C@H]1CC[C@H]([C@H]2OC[C@](C#N)(CCCCC)CO2)CC1. The van der Waals surface area contributed by atoms with E-state index in [4.69, 9.17) is 9.47 Å². The minimum atomic E-state index is -0.400. The van der Waals surface area contributed by atoms with E-state index in [1.54, 1.807) is 0 Å². The highest BCUT2D eigenvalue weighted by Crippen LogP contribution is 2.38. The number of hydrogen-bond acceptors (Lipinski definition) is 3. The van der Waals surface area contributed by atoms with Crippen LogP contribution in [0.5, 0.6) is 0 Å². The molecule has 0 N–H and O–H groups in total. The zero-order chi connectivity index (χ0) is 17.3. The summed E-state index contributed by atoms with van der Waals surface area (Å²) in [5.74, 6) is 1.46. The number of nitriles is 1. The quantitative estimate of drug-likeness (QED) is 0.497. The molecule has 2 rings (SSSR count). The van der Waals surface area contributed by atoms with Crippen LogP contribution in [0.15, 0.2) is 0 Å². The first-order chi connectivity index (χ1) is 11.7. The van der Waals surface area contributed by atoms with E-state index in [1.807, 2.05) is 0 Å². The Morgan fingerprint density at radius 2 is 1.54 bits per heavy atom. The number of hydrogen-bond donors (Lipinski definition) is 0. The fourth-order valence-corrected chi connectivity index (χ4v) is 4.26. The largest absolute Gasteiger partial charge is 0.351 e. The second-order valence-corrected chi connectivity index (χ2v) is 8.12. The molecule has 3 nitrogen and oxygen atoms in total. The second kappa shape index (κ2) is 10.4. The lowest BCUT2D eigenvalue weighted by atomic mass is 9.78. The van der Waals surface area contributed by atoms with Crippen molar-refractivity contribution in [2.45, 2.75) is 97.2 Å². The van der Waals surface area contributed by atoms with Crippen LogP contribution in [0.25, 0.3) is 0 Å². The lowest BCUT2D eigenvalue weighted by molar-refractivity contribution is -0.244. The van der Waals surface area contributed by atoms with Gasteiger partial charge in [0.15, 0.2) is 6.29 Å². The summed E-state index contributed by atoms with van der Waals surface area (Å²) >= 11 is 0. The Hall–Kier alpha value is -0.590. The van der Waals surface area contributed by atoms with Gasteiger partial charge in [0.1, 0.15) is 5.41 Å². The van der Waals surface area contributed by atoms with Crippen LogP contribution in [0.2, 0.25) is 0 Å². The molecule has 2 fully saturated rings. The molecular formula is C21H37NO2. The third kappa shape index (κ3) is 5.74. The van der Waals surface area contributed by atoms with E-state index >= 15 is 0 Å². The molecule has 0 aromatic heterocycles. The molecule has 0 aromatic carbocycles. The molecule has 0 aromatic rings. The summed E-state index contributed by atoms with van der Waals surface area (Å²) in [5, 5.41) is 9.56. The van der Waals surface area contributed by atoms with Crippen molar-refractivity contribution in [3.8, 4) is 6.07 Å². The molecular weight excluding hydrogens is 298 g/mol. The van der Waals surface area contributed by atoms with Gasteiger partial charge in [-0.25, -0.2) is 0 Å². The Morgan fingerprint density at radius 3 is 2.12 bits per heavy atom. The predicted molar refractivity (Wildman–Crippen MR) is 97.5 cm³/mol. The number of rotatable bonds is 9. The lowest BCUT2D eigenvalue weighted by Crippen LogP contribution is -2.44. The summed E-state index contributed by atoms with van der Waals surface area (Å²) in [6.45, 7) is 5.60. The highest BCUT2D eigenvalue weighted by atomic mass is 16.7. The van der Waals surface area contributed by atoms with Gasteiger partial charge >= 0.3 is 0 Å². The molecule has 0 atom stereocenters. The van der Waals surface area contributed by atoms with Crippen LogP contribution in [0.1, 0.15) is 90.9 Å². The maximum Gasteiger partial charge on any atom is 0.160 e. The lowest BCUT2D eigenvalue weighted by Gasteiger charge is -2.40. The van der Waals surface area contributed by atoms with E-state index in [2.05, 4.69) is 19.9 Å². The molecule has 24 heavy (non-hydrogen) atoms. The molecule has 0 radical (unpaired) electrons. The average Bonchev–Trinajstić information content (AvgIpc) is 2.63. The smallest absolute Gasteiger partial charge is 0.160 e. The molecule has 1 heterocycles. The third-order valence-corrected chi connectivity index (χ3v) is 6.04. The maximum atomic E-state index is 9.56. The van der Waals surface area contributed by atoms with Crippen LogP contribution in [0, 0.1) is 28.6 Å². The van der Waals surface area contributed by atoms with Gasteiger partial charge in [-0.3, -0.25) is 0 Å². The number of ether oxygens (including phenoxy) is 2. The second-order valence-electron chi connectivity index (χ2n) is 8.12. The van der Waals surface area contributed by atoms with Gasteiger partial charge in [-0.05, 0) is 38.0 Å². The summed E-state index contributed by atoms with van der Waals surface area (Å²) < 4.78 is 12.1. The first kappa shape index (κ1) is 19.7. The fourth-order valence-electron chi connectivity index (χ4n) is 4.26. The monoisotopic (exact) mass is 335 g/mol. The van der Waals surface area contributed by atoms with Crippen molar-refractivity contribution in [1.82, 2.24) is 0 Å². The van der Waals surface area contributed by atoms with Crippen LogP contribution < -0.4 is 0 Å². The van der Waals surface area contributed by atoms with Gasteiger partial charge in [0.05, 0.1) is 19.3 Å². The molecule has 1 saturated heterocycles. The molecule has 138 valence electrons. The topological polar surface area (TPSA) is 42.2 Å². The van der Waals surface area contributed by atoms with Crippen molar-refractivity contribution in [3.05, 3.63) is 0 Å². The molecule has 2 aliphatic rings. The normalized spacial score (nSPS) is 34.0. The van der Waals surface area contributed by atoms with Gasteiger partial charge in [0.25, 0.3) is 0 Å². The fraction of sp³-hybridized carbons (Fsp3) is 0.952. The van der Waals surface area contributed by atoms with Crippen molar-refractivity contribution >= 4 is 0 Å². The van der Waals surface area contributed by atoms with Gasteiger partial charge in [-0.1, -0.05) is 58.8 Å². The van der Waals surface area contributed by atoms with E-state index in [0.717, 1.165) is 18.8 Å². The Kier molecular flexibility index (Phi) is 8.56. The Bertz CT molecular complexity index is 374. The number of unbranched alkanes of at least 4 members (excludes halogenated alkanes) is 4. The Labute approximate surface area is 149 Å². The summed E-state index contributed by atoms with van der Waals surface area (Å²) in [6, 6.07) is 2.49. The van der Waals surface area contributed by atoms with E-state index in [-0.39, 0.29) is 6.29 Å². The van der Waals surface area contributed by atoms with E-state index < -0.39 is 5.41 Å². The van der Waals surface area contributed by atoms with Crippen molar-refractivity contribution in [2.24, 2.45) is 17.3 Å². The van der Waals surface area contributed by atoms with Crippen LogP contribution in [-0.4, -0.2) is 19.5 Å². The average molecular weight is 336 g/mol. The number of nitrogens with zero attached hydrogens (tertiary/aromatic N) is 1. The van der Waals surface area contributed by atoms with Crippen LogP contribution in [-0.2, 0) is 9.47 Å². The van der Waals surface area contributed by atoms with Crippen molar-refractivity contribution in [2.75, 3.05) is 13.2 Å². The van der Waals surface area contributed by atoms with E-state index in [0.29, 0.717) is 19.1 Å². The van der Waals surface area contributed by atoms with Gasteiger partial charge in [-0.15, -0.1) is 0 Å². The van der Waals surface area contributed by atoms with Crippen molar-refractivity contribution < 1.29 is 9.47 Å². The van der Waals surface area contributed by atoms with E-state index in [9.17, 15) is 5.26 Å². The summed E-state index contributed by atoms with van der Waals surface area (Å²) in [6.07, 6.45) is 15.0. The zero-order valence-corrected chi connectivity index (χ0v) is 15.9. The molecule has 0 amide bonds. The highest BCUT2D eigenvalue weighted by Gasteiger charge is 2.40. The zero-order valence-electron chi connectivity index (χ0n) is 15.9.